The summed E-state index contributed by atoms with van der Waals surface area (Å²) in [4.78, 5) is 41.0. The smallest absolute Gasteiger partial charge is 0.408 e. The van der Waals surface area contributed by atoms with E-state index in [2.05, 4.69) is 16.7 Å². The number of aryl methyl sites for hydroxylation is 1. The Kier molecular flexibility index (Phi) is 10.1. The lowest BCUT2D eigenvalue weighted by atomic mass is 9.95. The number of nitrogens with zero attached hydrogens (tertiary/aromatic N) is 1. The number of benzene rings is 2. The summed E-state index contributed by atoms with van der Waals surface area (Å²) in [6, 6.07) is 17.1. The van der Waals surface area contributed by atoms with Gasteiger partial charge in [0.1, 0.15) is 17.7 Å². The fourth-order valence-corrected chi connectivity index (χ4v) is 3.71. The second-order valence-electron chi connectivity index (χ2n) is 9.81. The molecule has 0 aliphatic heterocycles. The van der Waals surface area contributed by atoms with Crippen LogP contribution in [0, 0.1) is 25.3 Å². The van der Waals surface area contributed by atoms with Crippen LogP contribution in [0.5, 0.6) is 0 Å². The number of hydrogen-bond donors (Lipinski definition) is 2. The molecule has 3 amide bonds. The SMILES string of the molecule is C#CN(C(=O)C(NC(=O)OC(C)(C)C)C(C)CC)C(C(=O)NCc1ccccc1)c1ccccc1C. The van der Waals surface area contributed by atoms with Crippen LogP contribution in [0.25, 0.3) is 0 Å². The Balaban J connectivity index is 2.42. The molecule has 7 nitrogen and oxygen atoms in total. The van der Waals surface area contributed by atoms with Crippen molar-refractivity contribution in [2.75, 3.05) is 0 Å². The van der Waals surface area contributed by atoms with Crippen molar-refractivity contribution < 1.29 is 19.1 Å². The molecule has 0 radical (unpaired) electrons. The Bertz CT molecular complexity index is 1090. The maximum Gasteiger partial charge on any atom is 0.408 e. The second kappa shape index (κ2) is 12.8. The first-order chi connectivity index (χ1) is 17.0. The molecule has 192 valence electrons. The molecule has 7 heteroatoms. The number of carbonyl (C=O) groups excluding carboxylic acids is 3. The first-order valence-electron chi connectivity index (χ1n) is 12.1. The lowest BCUT2D eigenvalue weighted by molar-refractivity contribution is -0.139. The van der Waals surface area contributed by atoms with Crippen LogP contribution in [0.15, 0.2) is 54.6 Å². The van der Waals surface area contributed by atoms with Crippen molar-refractivity contribution in [3.8, 4) is 12.5 Å². The average molecular weight is 492 g/mol. The quantitative estimate of drug-likeness (QED) is 0.393. The monoisotopic (exact) mass is 491 g/mol. The molecule has 0 spiro atoms. The molecule has 2 rings (SSSR count). The van der Waals surface area contributed by atoms with Crippen LogP contribution in [0.3, 0.4) is 0 Å². The molecule has 2 aromatic rings. The van der Waals surface area contributed by atoms with Gasteiger partial charge in [-0.25, -0.2) is 4.79 Å². The molecule has 0 bridgehead atoms. The molecule has 0 aliphatic rings. The number of amides is 3. The Labute approximate surface area is 214 Å². The van der Waals surface area contributed by atoms with Gasteiger partial charge in [0.2, 0.25) is 5.91 Å². The summed E-state index contributed by atoms with van der Waals surface area (Å²) >= 11 is 0. The molecule has 2 N–H and O–H groups in total. The van der Waals surface area contributed by atoms with E-state index in [0.29, 0.717) is 12.0 Å². The predicted molar refractivity (Wildman–Crippen MR) is 141 cm³/mol. The van der Waals surface area contributed by atoms with Gasteiger partial charge in [0.05, 0.1) is 0 Å². The van der Waals surface area contributed by atoms with E-state index in [1.54, 1.807) is 32.9 Å². The molecular weight excluding hydrogens is 454 g/mol. The highest BCUT2D eigenvalue weighted by molar-refractivity contribution is 5.93. The Morgan fingerprint density at radius 1 is 1.06 bits per heavy atom. The van der Waals surface area contributed by atoms with Gasteiger partial charge in [-0.05, 0) is 50.3 Å². The summed E-state index contributed by atoms with van der Waals surface area (Å²) in [7, 11) is 0. The molecule has 0 heterocycles. The zero-order chi connectivity index (χ0) is 26.9. The van der Waals surface area contributed by atoms with Crippen LogP contribution in [0.4, 0.5) is 4.79 Å². The van der Waals surface area contributed by atoms with Crippen molar-refractivity contribution in [1.82, 2.24) is 15.5 Å². The summed E-state index contributed by atoms with van der Waals surface area (Å²) < 4.78 is 5.37. The summed E-state index contributed by atoms with van der Waals surface area (Å²) in [5, 5.41) is 5.58. The second-order valence-corrected chi connectivity index (χ2v) is 9.81. The van der Waals surface area contributed by atoms with Gasteiger partial charge in [0.15, 0.2) is 0 Å². The van der Waals surface area contributed by atoms with E-state index in [1.807, 2.05) is 63.2 Å². The van der Waals surface area contributed by atoms with Crippen LogP contribution in [-0.2, 0) is 20.9 Å². The van der Waals surface area contributed by atoms with E-state index in [4.69, 9.17) is 11.2 Å². The minimum Gasteiger partial charge on any atom is -0.444 e. The highest BCUT2D eigenvalue weighted by Gasteiger charge is 2.38. The molecule has 0 fully saturated rings. The normalized spacial score (nSPS) is 13.5. The van der Waals surface area contributed by atoms with Gasteiger partial charge in [0, 0.05) is 12.6 Å². The minimum absolute atomic E-state index is 0.259. The van der Waals surface area contributed by atoms with Gasteiger partial charge in [-0.15, -0.1) is 0 Å². The van der Waals surface area contributed by atoms with E-state index in [-0.39, 0.29) is 12.5 Å². The molecule has 3 atom stereocenters. The van der Waals surface area contributed by atoms with E-state index in [1.165, 1.54) is 0 Å². The van der Waals surface area contributed by atoms with Crippen LogP contribution >= 0.6 is 0 Å². The van der Waals surface area contributed by atoms with Crippen LogP contribution in [0.1, 0.15) is 63.8 Å². The van der Waals surface area contributed by atoms with E-state index in [9.17, 15) is 14.4 Å². The van der Waals surface area contributed by atoms with E-state index >= 15 is 0 Å². The zero-order valence-corrected chi connectivity index (χ0v) is 22.0. The number of ether oxygens (including phenoxy) is 1. The maximum absolute atomic E-state index is 13.8. The Morgan fingerprint density at radius 2 is 1.67 bits per heavy atom. The van der Waals surface area contributed by atoms with Crippen molar-refractivity contribution in [1.29, 1.82) is 0 Å². The number of alkyl carbamates (subject to hydrolysis) is 1. The summed E-state index contributed by atoms with van der Waals surface area (Å²) in [6.45, 7) is 11.1. The third kappa shape index (κ3) is 7.88. The molecule has 3 unspecified atom stereocenters. The van der Waals surface area contributed by atoms with Crippen LogP contribution in [0.2, 0.25) is 0 Å². The molecule has 0 saturated heterocycles. The van der Waals surface area contributed by atoms with Gasteiger partial charge in [-0.1, -0.05) is 81.3 Å². The maximum atomic E-state index is 13.8. The van der Waals surface area contributed by atoms with Crippen LogP contribution < -0.4 is 10.6 Å². The largest absolute Gasteiger partial charge is 0.444 e. The molecular formula is C29H37N3O4. The number of rotatable bonds is 9. The number of hydrogen-bond acceptors (Lipinski definition) is 4. The molecule has 0 saturated carbocycles. The number of nitrogens with one attached hydrogen (secondary N) is 2. The highest BCUT2D eigenvalue weighted by Crippen LogP contribution is 2.26. The standard InChI is InChI=1S/C29H37N3O4/c1-8-20(3)24(31-28(35)36-29(5,6)7)27(34)32(9-2)25(23-18-14-13-15-21(23)4)26(33)30-19-22-16-11-10-12-17-22/h2,10-18,20,24-25H,8,19H2,1,3-7H3,(H,30,33)(H,31,35). The summed E-state index contributed by atoms with van der Waals surface area (Å²) in [5.41, 5.74) is 1.59. The molecule has 0 aliphatic carbocycles. The molecule has 0 aromatic heterocycles. The highest BCUT2D eigenvalue weighted by atomic mass is 16.6. The topological polar surface area (TPSA) is 87.7 Å². The summed E-state index contributed by atoms with van der Waals surface area (Å²) in [5.74, 6) is -1.23. The third-order valence-electron chi connectivity index (χ3n) is 5.83. The summed E-state index contributed by atoms with van der Waals surface area (Å²) in [6.07, 6.45) is 5.72. The van der Waals surface area contributed by atoms with Crippen molar-refractivity contribution in [2.24, 2.45) is 5.92 Å². The number of terminal acetylenes is 1. The lowest BCUT2D eigenvalue weighted by Crippen LogP contribution is -2.54. The Hall–Kier alpha value is -3.79. The first kappa shape index (κ1) is 28.4. The van der Waals surface area contributed by atoms with Crippen molar-refractivity contribution in [2.45, 2.75) is 72.2 Å². The van der Waals surface area contributed by atoms with Gasteiger partial charge in [0.25, 0.3) is 5.91 Å². The van der Waals surface area contributed by atoms with Crippen molar-refractivity contribution >= 4 is 17.9 Å². The lowest BCUT2D eigenvalue weighted by Gasteiger charge is -2.33. The first-order valence-corrected chi connectivity index (χ1v) is 12.1. The zero-order valence-electron chi connectivity index (χ0n) is 22.0. The van der Waals surface area contributed by atoms with Crippen molar-refractivity contribution in [3.05, 3.63) is 71.3 Å². The van der Waals surface area contributed by atoms with Crippen molar-refractivity contribution in [3.63, 3.8) is 0 Å². The van der Waals surface area contributed by atoms with Crippen LogP contribution in [-0.4, -0.2) is 34.5 Å². The fourth-order valence-electron chi connectivity index (χ4n) is 3.71. The van der Waals surface area contributed by atoms with E-state index < -0.39 is 35.6 Å². The fraction of sp³-hybridized carbons (Fsp3) is 0.414. The average Bonchev–Trinajstić information content (AvgIpc) is 2.83. The predicted octanol–water partition coefficient (Wildman–Crippen LogP) is 4.71. The number of carbonyl (C=O) groups is 3. The van der Waals surface area contributed by atoms with Gasteiger partial charge >= 0.3 is 6.09 Å². The van der Waals surface area contributed by atoms with Gasteiger partial charge in [-0.2, -0.15) is 0 Å². The Morgan fingerprint density at radius 3 is 2.22 bits per heavy atom. The third-order valence-corrected chi connectivity index (χ3v) is 5.83. The van der Waals surface area contributed by atoms with Gasteiger partial charge < -0.3 is 15.4 Å². The molecule has 2 aromatic carbocycles. The van der Waals surface area contributed by atoms with E-state index in [0.717, 1.165) is 16.0 Å². The minimum atomic E-state index is -1.08. The molecule has 36 heavy (non-hydrogen) atoms. The van der Waals surface area contributed by atoms with Gasteiger partial charge in [-0.3, -0.25) is 14.5 Å².